The molecule has 4 rings (SSSR count). The van der Waals surface area contributed by atoms with Crippen LogP contribution in [0.2, 0.25) is 5.02 Å². The number of amides is 1. The molecule has 180 valence electrons. The van der Waals surface area contributed by atoms with E-state index in [1.54, 1.807) is 31.3 Å². The maximum Gasteiger partial charge on any atom is 0.253 e. The summed E-state index contributed by atoms with van der Waals surface area (Å²) in [6, 6.07) is 22.3. The molecule has 3 aromatic carbocycles. The lowest BCUT2D eigenvalue weighted by Crippen LogP contribution is -2.34. The smallest absolute Gasteiger partial charge is 0.253 e. The van der Waals surface area contributed by atoms with Gasteiger partial charge in [0.25, 0.3) is 5.91 Å². The van der Waals surface area contributed by atoms with Crippen LogP contribution in [0, 0.1) is 0 Å². The van der Waals surface area contributed by atoms with E-state index in [0.29, 0.717) is 59.7 Å². The molecule has 0 radical (unpaired) electrons. The van der Waals surface area contributed by atoms with Crippen molar-refractivity contribution in [3.63, 3.8) is 0 Å². The van der Waals surface area contributed by atoms with E-state index in [0.717, 1.165) is 11.1 Å². The fourth-order valence-corrected chi connectivity index (χ4v) is 3.90. The number of halogens is 1. The first-order valence-electron chi connectivity index (χ1n) is 11.2. The minimum absolute atomic E-state index is 0.0549. The highest BCUT2D eigenvalue weighted by Crippen LogP contribution is 2.28. The molecule has 1 heterocycles. The Morgan fingerprint density at radius 3 is 2.43 bits per heavy atom. The molecule has 0 aliphatic heterocycles. The average Bonchev–Trinajstić information content (AvgIpc) is 3.38. The average molecular weight is 492 g/mol. The van der Waals surface area contributed by atoms with Crippen molar-refractivity contribution in [3.05, 3.63) is 94.8 Å². The van der Waals surface area contributed by atoms with E-state index >= 15 is 0 Å². The Balaban J connectivity index is 1.48. The van der Waals surface area contributed by atoms with E-state index < -0.39 is 0 Å². The van der Waals surface area contributed by atoms with Crippen molar-refractivity contribution < 1.29 is 18.8 Å². The summed E-state index contributed by atoms with van der Waals surface area (Å²) in [5.41, 5.74) is 2.44. The monoisotopic (exact) mass is 491 g/mol. The largest absolute Gasteiger partial charge is 0.493 e. The summed E-state index contributed by atoms with van der Waals surface area (Å²) in [7, 11) is 3.21. The molecule has 1 amide bonds. The van der Waals surface area contributed by atoms with Crippen molar-refractivity contribution in [2.24, 2.45) is 0 Å². The maximum atomic E-state index is 13.3. The second-order valence-electron chi connectivity index (χ2n) is 7.87. The molecule has 0 aliphatic rings. The van der Waals surface area contributed by atoms with Crippen molar-refractivity contribution in [3.8, 4) is 22.9 Å². The van der Waals surface area contributed by atoms with Gasteiger partial charge in [-0.15, -0.1) is 0 Å². The van der Waals surface area contributed by atoms with Crippen LogP contribution in [0.1, 0.15) is 21.8 Å². The Bertz CT molecular complexity index is 1280. The van der Waals surface area contributed by atoms with Crippen LogP contribution < -0.4 is 9.47 Å². The molecule has 0 bridgehead atoms. The molecule has 4 aromatic rings. The molecule has 0 aliphatic carbocycles. The number of carbonyl (C=O) groups excluding carboxylic acids is 1. The van der Waals surface area contributed by atoms with Gasteiger partial charge in [-0.2, -0.15) is 4.98 Å². The van der Waals surface area contributed by atoms with Crippen LogP contribution in [-0.4, -0.2) is 48.3 Å². The van der Waals surface area contributed by atoms with E-state index in [2.05, 4.69) is 10.1 Å². The molecule has 0 saturated heterocycles. The number of carbonyl (C=O) groups is 1. The zero-order valence-electron chi connectivity index (χ0n) is 19.6. The number of hydrogen-bond acceptors (Lipinski definition) is 6. The Morgan fingerprint density at radius 1 is 0.914 bits per heavy atom. The van der Waals surface area contributed by atoms with Crippen molar-refractivity contribution in [1.82, 2.24) is 15.0 Å². The Morgan fingerprint density at radius 2 is 1.69 bits per heavy atom. The lowest BCUT2D eigenvalue weighted by atomic mass is 10.1. The number of ether oxygens (including phenoxy) is 2. The van der Waals surface area contributed by atoms with Crippen LogP contribution in [-0.2, 0) is 12.8 Å². The maximum absolute atomic E-state index is 13.3. The minimum atomic E-state index is -0.0549. The van der Waals surface area contributed by atoms with Crippen molar-refractivity contribution in [2.75, 3.05) is 27.3 Å². The molecule has 0 spiro atoms. The third-order valence-corrected chi connectivity index (χ3v) is 5.81. The predicted molar refractivity (Wildman–Crippen MR) is 134 cm³/mol. The number of nitrogens with zero attached hydrogens (tertiary/aromatic N) is 3. The first-order valence-corrected chi connectivity index (χ1v) is 11.6. The summed E-state index contributed by atoms with van der Waals surface area (Å²) in [6.45, 7) is 0.941. The summed E-state index contributed by atoms with van der Waals surface area (Å²) in [4.78, 5) is 19.6. The second-order valence-corrected chi connectivity index (χ2v) is 8.31. The summed E-state index contributed by atoms with van der Waals surface area (Å²) in [6.07, 6.45) is 1.08. The molecular formula is C27H26ClN3O4. The second kappa shape index (κ2) is 11.5. The third-order valence-electron chi connectivity index (χ3n) is 5.57. The Kier molecular flexibility index (Phi) is 8.00. The molecule has 8 heteroatoms. The highest BCUT2D eigenvalue weighted by atomic mass is 35.5. The molecule has 0 saturated carbocycles. The normalized spacial score (nSPS) is 10.7. The number of benzene rings is 3. The molecular weight excluding hydrogens is 466 g/mol. The van der Waals surface area contributed by atoms with Gasteiger partial charge >= 0.3 is 0 Å². The van der Waals surface area contributed by atoms with Crippen LogP contribution >= 0.6 is 11.6 Å². The molecule has 1 aromatic heterocycles. The Labute approximate surface area is 209 Å². The van der Waals surface area contributed by atoms with E-state index in [-0.39, 0.29) is 5.91 Å². The zero-order chi connectivity index (χ0) is 24.6. The van der Waals surface area contributed by atoms with Gasteiger partial charge in [0.05, 0.1) is 14.2 Å². The van der Waals surface area contributed by atoms with E-state index in [1.807, 2.05) is 60.7 Å². The fraction of sp³-hybridized carbons (Fsp3) is 0.222. The van der Waals surface area contributed by atoms with Gasteiger partial charge in [-0.1, -0.05) is 53.2 Å². The lowest BCUT2D eigenvalue weighted by Gasteiger charge is -2.22. The van der Waals surface area contributed by atoms with Crippen molar-refractivity contribution >= 4 is 17.5 Å². The number of hydrogen-bond donors (Lipinski definition) is 0. The number of rotatable bonds is 10. The van der Waals surface area contributed by atoms with Gasteiger partial charge in [-0.05, 0) is 48.4 Å². The Hall–Kier alpha value is -3.84. The number of aromatic nitrogens is 2. The molecule has 0 fully saturated rings. The standard InChI is InChI=1S/C27H26ClN3O4/c1-33-23-12-11-19(17-24(23)34-2)13-15-31(27(32)20-7-4-3-5-8-20)16-14-25-29-26(30-35-25)21-9-6-10-22(28)18-21/h3-12,17-18H,13-16H2,1-2H3. The predicted octanol–water partition coefficient (Wildman–Crippen LogP) is 5.33. The van der Waals surface area contributed by atoms with Crippen molar-refractivity contribution in [2.45, 2.75) is 12.8 Å². The molecule has 7 nitrogen and oxygen atoms in total. The summed E-state index contributed by atoms with van der Waals surface area (Å²) in [5.74, 6) is 2.19. The number of methoxy groups -OCH3 is 2. The fourth-order valence-electron chi connectivity index (χ4n) is 3.71. The summed E-state index contributed by atoms with van der Waals surface area (Å²) >= 11 is 6.07. The summed E-state index contributed by atoms with van der Waals surface area (Å²) < 4.78 is 16.2. The van der Waals surface area contributed by atoms with Crippen LogP contribution in [0.25, 0.3) is 11.4 Å². The van der Waals surface area contributed by atoms with Gasteiger partial charge in [-0.3, -0.25) is 4.79 Å². The van der Waals surface area contributed by atoms with E-state index in [4.69, 9.17) is 25.6 Å². The van der Waals surface area contributed by atoms with Gasteiger partial charge in [0.2, 0.25) is 11.7 Å². The SMILES string of the molecule is COc1ccc(CCN(CCc2nc(-c3cccc(Cl)c3)no2)C(=O)c2ccccc2)cc1OC. The third kappa shape index (κ3) is 6.19. The van der Waals surface area contributed by atoms with Gasteiger partial charge in [0, 0.05) is 35.7 Å². The summed E-state index contributed by atoms with van der Waals surface area (Å²) in [5, 5.41) is 4.66. The zero-order valence-corrected chi connectivity index (χ0v) is 20.4. The van der Waals surface area contributed by atoms with Gasteiger partial charge in [0.15, 0.2) is 11.5 Å². The molecule has 0 atom stereocenters. The van der Waals surface area contributed by atoms with Gasteiger partial charge in [-0.25, -0.2) is 0 Å². The van der Waals surface area contributed by atoms with Crippen LogP contribution in [0.4, 0.5) is 0 Å². The van der Waals surface area contributed by atoms with Gasteiger partial charge in [0.1, 0.15) is 0 Å². The first-order chi connectivity index (χ1) is 17.1. The molecule has 0 N–H and O–H groups in total. The lowest BCUT2D eigenvalue weighted by molar-refractivity contribution is 0.0756. The van der Waals surface area contributed by atoms with Crippen LogP contribution in [0.3, 0.4) is 0 Å². The van der Waals surface area contributed by atoms with E-state index in [1.165, 1.54) is 0 Å². The van der Waals surface area contributed by atoms with Gasteiger partial charge < -0.3 is 18.9 Å². The van der Waals surface area contributed by atoms with Crippen LogP contribution in [0.5, 0.6) is 11.5 Å². The molecule has 35 heavy (non-hydrogen) atoms. The van der Waals surface area contributed by atoms with Crippen molar-refractivity contribution in [1.29, 1.82) is 0 Å². The first kappa shape index (κ1) is 24.3. The quantitative estimate of drug-likeness (QED) is 0.298. The minimum Gasteiger partial charge on any atom is -0.493 e. The molecule has 0 unspecified atom stereocenters. The van der Waals surface area contributed by atoms with Crippen LogP contribution in [0.15, 0.2) is 77.3 Å². The van der Waals surface area contributed by atoms with E-state index in [9.17, 15) is 4.79 Å². The highest BCUT2D eigenvalue weighted by molar-refractivity contribution is 6.30. The topological polar surface area (TPSA) is 77.7 Å². The highest BCUT2D eigenvalue weighted by Gasteiger charge is 2.18.